The first-order chi connectivity index (χ1) is 11.5. The fourth-order valence-corrected chi connectivity index (χ4v) is 4.11. The summed E-state index contributed by atoms with van der Waals surface area (Å²) in [5.74, 6) is -1.14. The van der Waals surface area contributed by atoms with Crippen LogP contribution in [0.5, 0.6) is 0 Å². The van der Waals surface area contributed by atoms with Crippen LogP contribution in [0.25, 0.3) is 6.08 Å². The number of nitrogens with zero attached hydrogens (tertiary/aromatic N) is 1. The van der Waals surface area contributed by atoms with Crippen molar-refractivity contribution in [3.8, 4) is 0 Å². The van der Waals surface area contributed by atoms with E-state index in [1.165, 1.54) is 6.08 Å². The Balaban J connectivity index is 1.93. The SMILES string of the molecule is O=C(O)C1Cc2ccccc2CN1S(=O)(=O)C=Cc1ccccc1. The number of fused-ring (bicyclic) bond motifs is 1. The first kappa shape index (κ1) is 16.4. The van der Waals surface area contributed by atoms with Crippen molar-refractivity contribution in [2.24, 2.45) is 0 Å². The lowest BCUT2D eigenvalue weighted by Gasteiger charge is -2.32. The number of sulfonamides is 1. The van der Waals surface area contributed by atoms with E-state index in [2.05, 4.69) is 0 Å². The fraction of sp³-hybridized carbons (Fsp3) is 0.167. The van der Waals surface area contributed by atoms with Crippen LogP contribution in [0.2, 0.25) is 0 Å². The van der Waals surface area contributed by atoms with Crippen molar-refractivity contribution in [2.75, 3.05) is 0 Å². The van der Waals surface area contributed by atoms with Crippen molar-refractivity contribution >= 4 is 22.1 Å². The highest BCUT2D eigenvalue weighted by atomic mass is 32.2. The second kappa shape index (κ2) is 6.59. The van der Waals surface area contributed by atoms with Gasteiger partial charge >= 0.3 is 5.97 Å². The molecule has 0 aromatic heterocycles. The number of aliphatic carboxylic acids is 1. The first-order valence-electron chi connectivity index (χ1n) is 7.52. The third-order valence-electron chi connectivity index (χ3n) is 4.05. The molecule has 0 aliphatic carbocycles. The molecule has 0 spiro atoms. The number of hydrogen-bond donors (Lipinski definition) is 1. The molecule has 6 heteroatoms. The normalized spacial score (nSPS) is 18.4. The summed E-state index contributed by atoms with van der Waals surface area (Å²) >= 11 is 0. The van der Waals surface area contributed by atoms with Crippen LogP contribution in [0.4, 0.5) is 0 Å². The van der Waals surface area contributed by atoms with Crippen molar-refractivity contribution in [1.82, 2.24) is 4.31 Å². The standard InChI is InChI=1S/C18H17NO4S/c20-18(21)17-12-15-8-4-5-9-16(15)13-19(17)24(22,23)11-10-14-6-2-1-3-7-14/h1-11,17H,12-13H2,(H,20,21). The van der Waals surface area contributed by atoms with Gasteiger partial charge in [0.1, 0.15) is 6.04 Å². The molecule has 0 saturated heterocycles. The molecule has 124 valence electrons. The maximum atomic E-state index is 12.7. The Morgan fingerprint density at radius 1 is 1.04 bits per heavy atom. The fourth-order valence-electron chi connectivity index (χ4n) is 2.78. The summed E-state index contributed by atoms with van der Waals surface area (Å²) in [5, 5.41) is 10.5. The number of hydrogen-bond acceptors (Lipinski definition) is 3. The minimum Gasteiger partial charge on any atom is -0.480 e. The molecular weight excluding hydrogens is 326 g/mol. The van der Waals surface area contributed by atoms with Crippen LogP contribution in [0, 0.1) is 0 Å². The zero-order chi connectivity index (χ0) is 17.2. The van der Waals surface area contributed by atoms with Gasteiger partial charge in [-0.3, -0.25) is 4.79 Å². The summed E-state index contributed by atoms with van der Waals surface area (Å²) in [7, 11) is -3.85. The second-order valence-corrected chi connectivity index (χ2v) is 7.40. The first-order valence-corrected chi connectivity index (χ1v) is 9.02. The largest absolute Gasteiger partial charge is 0.480 e. The lowest BCUT2D eigenvalue weighted by atomic mass is 9.96. The van der Waals surface area contributed by atoms with E-state index in [0.29, 0.717) is 0 Å². The Labute approximate surface area is 140 Å². The Bertz CT molecular complexity index is 875. The van der Waals surface area contributed by atoms with E-state index in [4.69, 9.17) is 0 Å². The van der Waals surface area contributed by atoms with E-state index >= 15 is 0 Å². The van der Waals surface area contributed by atoms with Crippen LogP contribution in [-0.2, 0) is 27.8 Å². The smallest absolute Gasteiger partial charge is 0.322 e. The molecule has 1 aliphatic rings. The third-order valence-corrected chi connectivity index (χ3v) is 5.57. The zero-order valence-electron chi connectivity index (χ0n) is 12.9. The van der Waals surface area contributed by atoms with E-state index in [-0.39, 0.29) is 13.0 Å². The van der Waals surface area contributed by atoms with Gasteiger partial charge in [-0.1, -0.05) is 54.6 Å². The maximum absolute atomic E-state index is 12.7. The number of rotatable bonds is 4. The molecule has 24 heavy (non-hydrogen) atoms. The van der Waals surface area contributed by atoms with Crippen molar-refractivity contribution in [3.05, 3.63) is 76.7 Å². The average Bonchev–Trinajstić information content (AvgIpc) is 2.60. The summed E-state index contributed by atoms with van der Waals surface area (Å²) in [6.07, 6.45) is 1.65. The van der Waals surface area contributed by atoms with Gasteiger partial charge in [0.15, 0.2) is 0 Å². The molecule has 2 aromatic carbocycles. The molecule has 0 fully saturated rings. The summed E-state index contributed by atoms with van der Waals surface area (Å²) in [4.78, 5) is 11.6. The number of benzene rings is 2. The van der Waals surface area contributed by atoms with Gasteiger partial charge in [0.25, 0.3) is 0 Å². The monoisotopic (exact) mass is 343 g/mol. The third kappa shape index (κ3) is 3.39. The molecule has 5 nitrogen and oxygen atoms in total. The van der Waals surface area contributed by atoms with Crippen LogP contribution >= 0.6 is 0 Å². The predicted octanol–water partition coefficient (Wildman–Crippen LogP) is 2.50. The topological polar surface area (TPSA) is 74.7 Å². The highest BCUT2D eigenvalue weighted by Crippen LogP contribution is 2.26. The van der Waals surface area contributed by atoms with Crippen LogP contribution < -0.4 is 0 Å². The summed E-state index contributed by atoms with van der Waals surface area (Å²) in [5.41, 5.74) is 2.46. The lowest BCUT2D eigenvalue weighted by molar-refractivity contribution is -0.141. The van der Waals surface area contributed by atoms with Crippen molar-refractivity contribution in [1.29, 1.82) is 0 Å². The molecule has 0 amide bonds. The molecule has 1 aliphatic heterocycles. The van der Waals surface area contributed by atoms with Crippen LogP contribution in [-0.4, -0.2) is 29.8 Å². The molecule has 2 aromatic rings. The quantitative estimate of drug-likeness (QED) is 0.925. The molecule has 3 rings (SSSR count). The molecule has 0 radical (unpaired) electrons. The van der Waals surface area contributed by atoms with Gasteiger partial charge in [0, 0.05) is 18.4 Å². The van der Waals surface area contributed by atoms with Gasteiger partial charge < -0.3 is 5.11 Å². The van der Waals surface area contributed by atoms with E-state index in [1.54, 1.807) is 12.1 Å². The predicted molar refractivity (Wildman–Crippen MR) is 91.5 cm³/mol. The van der Waals surface area contributed by atoms with Crippen LogP contribution in [0.1, 0.15) is 16.7 Å². The molecule has 1 unspecified atom stereocenters. The van der Waals surface area contributed by atoms with E-state index in [0.717, 1.165) is 26.4 Å². The molecule has 1 N–H and O–H groups in total. The summed E-state index contributed by atoms with van der Waals surface area (Å²) < 4.78 is 26.4. The van der Waals surface area contributed by atoms with E-state index in [9.17, 15) is 18.3 Å². The minimum absolute atomic E-state index is 0.0641. The molecule has 0 bridgehead atoms. The van der Waals surface area contributed by atoms with Gasteiger partial charge in [-0.05, 0) is 22.8 Å². The number of carboxylic acid groups (broad SMARTS) is 1. The molecule has 1 heterocycles. The van der Waals surface area contributed by atoms with Gasteiger partial charge in [0.2, 0.25) is 10.0 Å². The van der Waals surface area contributed by atoms with Crippen LogP contribution in [0.3, 0.4) is 0 Å². The Hall–Kier alpha value is -2.44. The van der Waals surface area contributed by atoms with Crippen molar-refractivity contribution in [3.63, 3.8) is 0 Å². The van der Waals surface area contributed by atoms with E-state index < -0.39 is 22.0 Å². The zero-order valence-corrected chi connectivity index (χ0v) is 13.7. The average molecular weight is 343 g/mol. The molecule has 0 saturated carbocycles. The lowest BCUT2D eigenvalue weighted by Crippen LogP contribution is -2.47. The summed E-state index contributed by atoms with van der Waals surface area (Å²) in [6.45, 7) is 0.0641. The van der Waals surface area contributed by atoms with Crippen LogP contribution in [0.15, 0.2) is 60.0 Å². The summed E-state index contributed by atoms with van der Waals surface area (Å²) in [6, 6.07) is 15.3. The number of carbonyl (C=O) groups is 1. The van der Waals surface area contributed by atoms with E-state index in [1.807, 2.05) is 42.5 Å². The van der Waals surface area contributed by atoms with Gasteiger partial charge in [-0.25, -0.2) is 8.42 Å². The van der Waals surface area contributed by atoms with Gasteiger partial charge in [-0.2, -0.15) is 4.31 Å². The highest BCUT2D eigenvalue weighted by molar-refractivity contribution is 7.92. The highest BCUT2D eigenvalue weighted by Gasteiger charge is 2.37. The maximum Gasteiger partial charge on any atom is 0.322 e. The van der Waals surface area contributed by atoms with Crippen molar-refractivity contribution in [2.45, 2.75) is 19.0 Å². The Kier molecular flexibility index (Phi) is 4.51. The van der Waals surface area contributed by atoms with Crippen molar-refractivity contribution < 1.29 is 18.3 Å². The second-order valence-electron chi connectivity index (χ2n) is 5.63. The minimum atomic E-state index is -3.85. The Morgan fingerprint density at radius 3 is 2.33 bits per heavy atom. The Morgan fingerprint density at radius 2 is 1.67 bits per heavy atom. The molecule has 1 atom stereocenters. The molecular formula is C18H17NO4S. The number of carboxylic acids is 1. The van der Waals surface area contributed by atoms with Gasteiger partial charge in [0.05, 0.1) is 0 Å². The van der Waals surface area contributed by atoms with Gasteiger partial charge in [-0.15, -0.1) is 0 Å².